The molecule has 17 heavy (non-hydrogen) atoms. The first-order chi connectivity index (χ1) is 7.93. The predicted octanol–water partition coefficient (Wildman–Crippen LogP) is 2.33. The van der Waals surface area contributed by atoms with E-state index >= 15 is 0 Å². The van der Waals surface area contributed by atoms with Crippen molar-refractivity contribution in [3.8, 4) is 5.75 Å². The molecule has 0 amide bonds. The summed E-state index contributed by atoms with van der Waals surface area (Å²) in [5.41, 5.74) is 0.449. The van der Waals surface area contributed by atoms with E-state index in [1.165, 1.54) is 0 Å². The first-order valence-corrected chi connectivity index (χ1v) is 6.11. The Morgan fingerprint density at radius 1 is 1.41 bits per heavy atom. The number of aliphatic hydroxyl groups is 1. The van der Waals surface area contributed by atoms with E-state index in [-0.39, 0.29) is 6.04 Å². The zero-order valence-corrected chi connectivity index (χ0v) is 11.2. The van der Waals surface area contributed by atoms with Gasteiger partial charge in [0.2, 0.25) is 0 Å². The Morgan fingerprint density at radius 3 is 2.71 bits per heavy atom. The van der Waals surface area contributed by atoms with Gasteiger partial charge in [0, 0.05) is 12.6 Å². The number of hydrogen-bond acceptors (Lipinski definition) is 3. The molecule has 0 aromatic heterocycles. The minimum absolute atomic E-state index is 0.0400. The van der Waals surface area contributed by atoms with Gasteiger partial charge in [-0.1, -0.05) is 12.1 Å². The molecule has 1 atom stereocenters. The van der Waals surface area contributed by atoms with Crippen molar-refractivity contribution < 1.29 is 9.84 Å². The van der Waals surface area contributed by atoms with Crippen LogP contribution < -0.4 is 10.1 Å². The molecule has 0 aliphatic carbocycles. The van der Waals surface area contributed by atoms with Crippen molar-refractivity contribution in [2.45, 2.75) is 45.9 Å². The summed E-state index contributed by atoms with van der Waals surface area (Å²) in [7, 11) is 0. The van der Waals surface area contributed by atoms with E-state index < -0.39 is 5.60 Å². The fraction of sp³-hybridized carbons (Fsp3) is 0.571. The summed E-state index contributed by atoms with van der Waals surface area (Å²) in [4.78, 5) is 0. The quantitative estimate of drug-likeness (QED) is 0.798. The van der Waals surface area contributed by atoms with Gasteiger partial charge in [0.15, 0.2) is 0 Å². The van der Waals surface area contributed by atoms with Gasteiger partial charge in [-0.15, -0.1) is 0 Å². The van der Waals surface area contributed by atoms with Gasteiger partial charge in [0.05, 0.1) is 12.2 Å². The Morgan fingerprint density at radius 2 is 2.12 bits per heavy atom. The van der Waals surface area contributed by atoms with Gasteiger partial charge in [-0.05, 0) is 45.4 Å². The van der Waals surface area contributed by atoms with Crippen LogP contribution in [0.2, 0.25) is 0 Å². The second-order valence-corrected chi connectivity index (χ2v) is 4.84. The van der Waals surface area contributed by atoms with E-state index in [0.717, 1.165) is 17.9 Å². The zero-order valence-electron chi connectivity index (χ0n) is 11.2. The van der Waals surface area contributed by atoms with Crippen LogP contribution in [0.25, 0.3) is 0 Å². The van der Waals surface area contributed by atoms with E-state index in [4.69, 9.17) is 4.74 Å². The summed E-state index contributed by atoms with van der Waals surface area (Å²) in [6.07, 6.45) is 0. The van der Waals surface area contributed by atoms with Gasteiger partial charge in [-0.2, -0.15) is 0 Å². The van der Waals surface area contributed by atoms with Crippen LogP contribution in [0.5, 0.6) is 5.75 Å². The molecular weight excluding hydrogens is 214 g/mol. The van der Waals surface area contributed by atoms with Crippen LogP contribution in [0.15, 0.2) is 24.3 Å². The third-order valence-corrected chi connectivity index (χ3v) is 2.88. The molecular formula is C14H23NO2. The largest absolute Gasteiger partial charge is 0.494 e. The first-order valence-electron chi connectivity index (χ1n) is 6.11. The molecule has 3 heteroatoms. The normalized spacial score (nSPS) is 13.5. The molecule has 0 aliphatic heterocycles. The molecule has 0 saturated heterocycles. The van der Waals surface area contributed by atoms with Gasteiger partial charge in [0.25, 0.3) is 0 Å². The van der Waals surface area contributed by atoms with Crippen LogP contribution in [-0.2, 0) is 6.54 Å². The van der Waals surface area contributed by atoms with Gasteiger partial charge in [-0.3, -0.25) is 0 Å². The van der Waals surface area contributed by atoms with Gasteiger partial charge in [-0.25, -0.2) is 0 Å². The molecule has 1 aromatic carbocycles. The minimum Gasteiger partial charge on any atom is -0.494 e. The molecule has 1 unspecified atom stereocenters. The molecule has 3 nitrogen and oxygen atoms in total. The van der Waals surface area contributed by atoms with Crippen LogP contribution in [-0.4, -0.2) is 23.4 Å². The molecule has 0 saturated carbocycles. The predicted molar refractivity (Wildman–Crippen MR) is 70.2 cm³/mol. The summed E-state index contributed by atoms with van der Waals surface area (Å²) in [6.45, 7) is 8.97. The van der Waals surface area contributed by atoms with E-state index in [1.807, 2.05) is 38.1 Å². The molecule has 1 rings (SSSR count). The zero-order chi connectivity index (χ0) is 12.9. The molecule has 0 bridgehead atoms. The Bertz CT molecular complexity index is 344. The van der Waals surface area contributed by atoms with Gasteiger partial charge < -0.3 is 15.2 Å². The third-order valence-electron chi connectivity index (χ3n) is 2.88. The molecule has 0 aliphatic rings. The minimum atomic E-state index is -0.711. The molecule has 2 N–H and O–H groups in total. The lowest BCUT2D eigenvalue weighted by molar-refractivity contribution is 0.0437. The topological polar surface area (TPSA) is 41.5 Å². The molecule has 0 radical (unpaired) electrons. The molecule has 0 fully saturated rings. The molecule has 0 spiro atoms. The first kappa shape index (κ1) is 14.0. The highest BCUT2D eigenvalue weighted by atomic mass is 16.5. The fourth-order valence-corrected chi connectivity index (χ4v) is 1.43. The highest BCUT2D eigenvalue weighted by Crippen LogP contribution is 2.14. The lowest BCUT2D eigenvalue weighted by Gasteiger charge is -2.26. The fourth-order valence-electron chi connectivity index (χ4n) is 1.43. The van der Waals surface area contributed by atoms with Gasteiger partial charge >= 0.3 is 0 Å². The van der Waals surface area contributed by atoms with Crippen molar-refractivity contribution in [3.05, 3.63) is 29.8 Å². The summed E-state index contributed by atoms with van der Waals surface area (Å²) < 4.78 is 5.44. The van der Waals surface area contributed by atoms with Crippen LogP contribution in [0, 0.1) is 0 Å². The number of ether oxygens (including phenoxy) is 1. The van der Waals surface area contributed by atoms with E-state index in [2.05, 4.69) is 5.32 Å². The number of nitrogens with one attached hydrogen (secondary N) is 1. The second-order valence-electron chi connectivity index (χ2n) is 4.84. The highest BCUT2D eigenvalue weighted by Gasteiger charge is 2.21. The number of benzene rings is 1. The summed E-state index contributed by atoms with van der Waals surface area (Å²) in [5, 5.41) is 13.1. The monoisotopic (exact) mass is 237 g/mol. The average Bonchev–Trinajstić information content (AvgIpc) is 2.25. The van der Waals surface area contributed by atoms with Crippen molar-refractivity contribution in [2.75, 3.05) is 6.61 Å². The molecule has 96 valence electrons. The van der Waals surface area contributed by atoms with Crippen LogP contribution >= 0.6 is 0 Å². The Labute approximate surface area is 104 Å². The standard InChI is InChI=1S/C14H23NO2/c1-5-17-13-8-6-7-12(9-13)10-15-11(2)14(3,4)16/h6-9,11,15-16H,5,10H2,1-4H3. The smallest absolute Gasteiger partial charge is 0.119 e. The second kappa shape index (κ2) is 6.03. The summed E-state index contributed by atoms with van der Waals surface area (Å²) >= 11 is 0. The van der Waals surface area contributed by atoms with E-state index in [0.29, 0.717) is 6.61 Å². The van der Waals surface area contributed by atoms with E-state index in [1.54, 1.807) is 13.8 Å². The van der Waals surface area contributed by atoms with Crippen molar-refractivity contribution >= 4 is 0 Å². The SMILES string of the molecule is CCOc1cccc(CNC(C)C(C)(C)O)c1. The Balaban J connectivity index is 2.54. The van der Waals surface area contributed by atoms with Crippen LogP contribution in [0.4, 0.5) is 0 Å². The van der Waals surface area contributed by atoms with E-state index in [9.17, 15) is 5.11 Å². The van der Waals surface area contributed by atoms with Gasteiger partial charge in [0.1, 0.15) is 5.75 Å². The maximum absolute atomic E-state index is 9.82. The maximum atomic E-state index is 9.82. The summed E-state index contributed by atoms with van der Waals surface area (Å²) in [6, 6.07) is 8.04. The molecule has 0 heterocycles. The average molecular weight is 237 g/mol. The highest BCUT2D eigenvalue weighted by molar-refractivity contribution is 5.28. The van der Waals surface area contributed by atoms with Crippen molar-refractivity contribution in [3.63, 3.8) is 0 Å². The van der Waals surface area contributed by atoms with Crippen molar-refractivity contribution in [1.29, 1.82) is 0 Å². The Kier molecular flexibility index (Phi) is 4.97. The third kappa shape index (κ3) is 4.75. The maximum Gasteiger partial charge on any atom is 0.119 e. The number of rotatable bonds is 6. The van der Waals surface area contributed by atoms with Crippen LogP contribution in [0.1, 0.15) is 33.3 Å². The molecule has 1 aromatic rings. The Hall–Kier alpha value is -1.06. The summed E-state index contributed by atoms with van der Waals surface area (Å²) in [5.74, 6) is 0.891. The number of hydrogen-bond donors (Lipinski definition) is 2. The van der Waals surface area contributed by atoms with Crippen LogP contribution in [0.3, 0.4) is 0 Å². The lowest BCUT2D eigenvalue weighted by atomic mass is 10.0. The lowest BCUT2D eigenvalue weighted by Crippen LogP contribution is -2.44. The van der Waals surface area contributed by atoms with Crippen molar-refractivity contribution in [2.24, 2.45) is 0 Å². The van der Waals surface area contributed by atoms with Crippen molar-refractivity contribution in [1.82, 2.24) is 5.32 Å².